The Morgan fingerprint density at radius 3 is 2.88 bits per heavy atom. The van der Waals surface area contributed by atoms with Gasteiger partial charge in [-0.15, -0.1) is 21.5 Å². The number of rotatable bonds is 8. The summed E-state index contributed by atoms with van der Waals surface area (Å²) in [5.41, 5.74) is 1.88. The van der Waals surface area contributed by atoms with Crippen LogP contribution in [0.3, 0.4) is 0 Å². The molecule has 0 spiro atoms. The smallest absolute Gasteiger partial charge is 0.169 e. The Labute approximate surface area is 151 Å². The Morgan fingerprint density at radius 1 is 1.36 bits per heavy atom. The van der Waals surface area contributed by atoms with Gasteiger partial charge in [-0.1, -0.05) is 0 Å². The van der Waals surface area contributed by atoms with Crippen molar-refractivity contribution in [1.82, 2.24) is 15.5 Å². The molecule has 0 bridgehead atoms. The van der Waals surface area contributed by atoms with E-state index in [1.807, 2.05) is 25.1 Å². The fourth-order valence-electron chi connectivity index (χ4n) is 3.25. The van der Waals surface area contributed by atoms with Crippen molar-refractivity contribution >= 4 is 17.1 Å². The zero-order valence-electron chi connectivity index (χ0n) is 14.6. The van der Waals surface area contributed by atoms with Crippen molar-refractivity contribution in [3.8, 4) is 5.75 Å². The number of hydrogen-bond donors (Lipinski definition) is 1. The van der Waals surface area contributed by atoms with Gasteiger partial charge in [0.2, 0.25) is 0 Å². The highest BCUT2D eigenvalue weighted by Gasteiger charge is 2.40. The van der Waals surface area contributed by atoms with E-state index in [-0.39, 0.29) is 5.78 Å². The van der Waals surface area contributed by atoms with Gasteiger partial charge in [-0.2, -0.15) is 0 Å². The second-order valence-electron chi connectivity index (χ2n) is 7.07. The molecule has 2 saturated carbocycles. The van der Waals surface area contributed by atoms with Crippen LogP contribution in [-0.4, -0.2) is 35.7 Å². The van der Waals surface area contributed by atoms with Gasteiger partial charge in [0.05, 0.1) is 13.5 Å². The van der Waals surface area contributed by atoms with Crippen molar-refractivity contribution in [3.05, 3.63) is 39.3 Å². The van der Waals surface area contributed by atoms with Gasteiger partial charge in [0.25, 0.3) is 0 Å². The van der Waals surface area contributed by atoms with Crippen LogP contribution in [0.5, 0.6) is 5.75 Å². The lowest BCUT2D eigenvalue weighted by Crippen LogP contribution is -2.20. The molecule has 0 radical (unpaired) electrons. The van der Waals surface area contributed by atoms with E-state index in [2.05, 4.69) is 15.5 Å². The summed E-state index contributed by atoms with van der Waals surface area (Å²) in [6.07, 6.45) is 4.16. The van der Waals surface area contributed by atoms with Gasteiger partial charge in [0, 0.05) is 17.5 Å². The van der Waals surface area contributed by atoms with Crippen molar-refractivity contribution in [2.75, 3.05) is 13.7 Å². The lowest BCUT2D eigenvalue weighted by atomic mass is 10.0. The van der Waals surface area contributed by atoms with E-state index in [0.29, 0.717) is 18.4 Å². The van der Waals surface area contributed by atoms with E-state index in [0.717, 1.165) is 45.8 Å². The zero-order valence-corrected chi connectivity index (χ0v) is 15.4. The van der Waals surface area contributed by atoms with Gasteiger partial charge in [-0.25, -0.2) is 0 Å². The third-order valence-electron chi connectivity index (χ3n) is 4.99. The summed E-state index contributed by atoms with van der Waals surface area (Å²) >= 11 is 1.48. The Morgan fingerprint density at radius 2 is 2.20 bits per heavy atom. The molecule has 25 heavy (non-hydrogen) atoms. The van der Waals surface area contributed by atoms with Crippen molar-refractivity contribution in [2.24, 2.45) is 5.92 Å². The van der Waals surface area contributed by atoms with Gasteiger partial charge in [-0.3, -0.25) is 4.79 Å². The molecular weight excluding hydrogens is 334 g/mol. The molecule has 1 N–H and O–H groups in total. The molecule has 6 heteroatoms. The molecule has 2 fully saturated rings. The summed E-state index contributed by atoms with van der Waals surface area (Å²) < 4.78 is 5.53. The van der Waals surface area contributed by atoms with Gasteiger partial charge < -0.3 is 10.1 Å². The average Bonchev–Trinajstić information content (AvgIpc) is 3.52. The molecule has 132 valence electrons. The third-order valence-corrected chi connectivity index (χ3v) is 5.83. The first kappa shape index (κ1) is 16.7. The molecule has 4 rings (SSSR count). The molecular formula is C19H23N3O2S. The molecule has 2 atom stereocenters. The van der Waals surface area contributed by atoms with Crippen LogP contribution in [-0.2, 0) is 6.42 Å². The maximum atomic E-state index is 12.6. The molecule has 5 nitrogen and oxygen atoms in total. The summed E-state index contributed by atoms with van der Waals surface area (Å²) in [4.78, 5) is 12.6. The van der Waals surface area contributed by atoms with Crippen LogP contribution in [0, 0.1) is 12.8 Å². The SMILES string of the molecule is COc1ccc(C(=O)Cc2nnc(C)s2)cc1C1CC1NCC1CC1. The average molecular weight is 357 g/mol. The van der Waals surface area contributed by atoms with Crippen LogP contribution >= 0.6 is 11.3 Å². The molecule has 2 aromatic rings. The zero-order chi connectivity index (χ0) is 17.4. The van der Waals surface area contributed by atoms with Gasteiger partial charge in [0.15, 0.2) is 5.78 Å². The predicted molar refractivity (Wildman–Crippen MR) is 97.5 cm³/mol. The standard InChI is InChI=1S/C19H23N3O2S/c1-11-21-22-19(25-11)9-17(23)13-5-6-18(24-2)15(7-13)14-8-16(14)20-10-12-3-4-12/h5-7,12,14,16,20H,3-4,8-10H2,1-2H3. The summed E-state index contributed by atoms with van der Waals surface area (Å²) in [5.74, 6) is 2.30. The lowest BCUT2D eigenvalue weighted by Gasteiger charge is -2.11. The summed E-state index contributed by atoms with van der Waals surface area (Å²) in [6.45, 7) is 3.03. The normalized spacial score (nSPS) is 22.0. The van der Waals surface area contributed by atoms with E-state index in [1.165, 1.54) is 24.2 Å². The van der Waals surface area contributed by atoms with Crippen molar-refractivity contribution < 1.29 is 9.53 Å². The monoisotopic (exact) mass is 357 g/mol. The minimum absolute atomic E-state index is 0.0863. The number of nitrogens with zero attached hydrogens (tertiary/aromatic N) is 2. The number of methoxy groups -OCH3 is 1. The van der Waals surface area contributed by atoms with Crippen LogP contribution in [0.15, 0.2) is 18.2 Å². The number of benzene rings is 1. The Kier molecular flexibility index (Phi) is 4.56. The highest BCUT2D eigenvalue weighted by molar-refractivity contribution is 7.11. The summed E-state index contributed by atoms with van der Waals surface area (Å²) in [6, 6.07) is 6.31. The molecule has 2 unspecified atom stereocenters. The van der Waals surface area contributed by atoms with Gasteiger partial charge >= 0.3 is 0 Å². The quantitative estimate of drug-likeness (QED) is 0.735. The lowest BCUT2D eigenvalue weighted by molar-refractivity contribution is 0.0992. The maximum absolute atomic E-state index is 12.6. The number of carbonyl (C=O) groups excluding carboxylic acids is 1. The van der Waals surface area contributed by atoms with E-state index in [1.54, 1.807) is 7.11 Å². The fourth-order valence-corrected chi connectivity index (χ4v) is 3.96. The highest BCUT2D eigenvalue weighted by atomic mass is 32.1. The van der Waals surface area contributed by atoms with Crippen LogP contribution in [0.1, 0.15) is 51.1 Å². The molecule has 0 amide bonds. The third kappa shape index (κ3) is 3.90. The number of ether oxygens (including phenoxy) is 1. The largest absolute Gasteiger partial charge is 0.496 e. The molecule has 2 aliphatic carbocycles. The number of aromatic nitrogens is 2. The molecule has 1 heterocycles. The number of Topliss-reactive ketones (excluding diaryl/α,β-unsaturated/α-hetero) is 1. The second kappa shape index (κ2) is 6.84. The number of carbonyl (C=O) groups is 1. The highest BCUT2D eigenvalue weighted by Crippen LogP contribution is 2.45. The van der Waals surface area contributed by atoms with E-state index >= 15 is 0 Å². The van der Waals surface area contributed by atoms with E-state index in [4.69, 9.17) is 4.74 Å². The van der Waals surface area contributed by atoms with Crippen molar-refractivity contribution in [2.45, 2.75) is 44.6 Å². The first-order valence-corrected chi connectivity index (χ1v) is 9.69. The van der Waals surface area contributed by atoms with E-state index < -0.39 is 0 Å². The summed E-state index contributed by atoms with van der Waals surface area (Å²) in [5, 5.41) is 13.4. The molecule has 0 saturated heterocycles. The molecule has 1 aromatic heterocycles. The first-order valence-electron chi connectivity index (χ1n) is 8.87. The van der Waals surface area contributed by atoms with Crippen LogP contribution < -0.4 is 10.1 Å². The molecule has 1 aromatic carbocycles. The second-order valence-corrected chi connectivity index (χ2v) is 8.34. The molecule has 2 aliphatic rings. The minimum atomic E-state index is 0.0863. The van der Waals surface area contributed by atoms with Crippen LogP contribution in [0.2, 0.25) is 0 Å². The summed E-state index contributed by atoms with van der Waals surface area (Å²) in [7, 11) is 1.69. The Balaban J connectivity index is 1.47. The maximum Gasteiger partial charge on any atom is 0.169 e. The fraction of sp³-hybridized carbons (Fsp3) is 0.526. The number of hydrogen-bond acceptors (Lipinski definition) is 6. The number of ketones is 1. The predicted octanol–water partition coefficient (Wildman–Crippen LogP) is 3.14. The topological polar surface area (TPSA) is 64.1 Å². The Bertz CT molecular complexity index is 785. The molecule has 0 aliphatic heterocycles. The van der Waals surface area contributed by atoms with Crippen molar-refractivity contribution in [1.29, 1.82) is 0 Å². The van der Waals surface area contributed by atoms with Gasteiger partial charge in [0.1, 0.15) is 15.8 Å². The first-order chi connectivity index (χ1) is 12.1. The van der Waals surface area contributed by atoms with Gasteiger partial charge in [-0.05, 0) is 62.4 Å². The Hall–Kier alpha value is -1.79. The van der Waals surface area contributed by atoms with Crippen molar-refractivity contribution in [3.63, 3.8) is 0 Å². The van der Waals surface area contributed by atoms with E-state index in [9.17, 15) is 4.79 Å². The number of nitrogens with one attached hydrogen (secondary N) is 1. The minimum Gasteiger partial charge on any atom is -0.496 e. The number of aryl methyl sites for hydroxylation is 1. The van der Waals surface area contributed by atoms with Crippen LogP contribution in [0.25, 0.3) is 0 Å². The van der Waals surface area contributed by atoms with Crippen LogP contribution in [0.4, 0.5) is 0 Å².